The highest BCUT2D eigenvalue weighted by Crippen LogP contribution is 2.23. The zero-order valence-corrected chi connectivity index (χ0v) is 11.2. The minimum atomic E-state index is -0.356. The van der Waals surface area contributed by atoms with Crippen molar-refractivity contribution in [3.05, 3.63) is 29.3 Å². The average Bonchev–Trinajstić information content (AvgIpc) is 2.27. The molecule has 0 bridgehead atoms. The summed E-state index contributed by atoms with van der Waals surface area (Å²) < 4.78 is 5.95. The van der Waals surface area contributed by atoms with Gasteiger partial charge in [-0.3, -0.25) is 5.32 Å². The summed E-state index contributed by atoms with van der Waals surface area (Å²) in [5.74, 6) is 0.942. The summed E-state index contributed by atoms with van der Waals surface area (Å²) in [6.07, 6.45) is 0.454. The van der Waals surface area contributed by atoms with Gasteiger partial charge in [0.2, 0.25) is 0 Å². The maximum Gasteiger partial charge on any atom is 0.150 e. The Balaban J connectivity index is 2.67. The van der Waals surface area contributed by atoms with Crippen molar-refractivity contribution in [1.29, 1.82) is 0 Å². The smallest absolute Gasteiger partial charge is 0.150 e. The van der Waals surface area contributed by atoms with Crippen LogP contribution < -0.4 is 10.1 Å². The summed E-state index contributed by atoms with van der Waals surface area (Å²) in [5, 5.41) is 12.5. The molecule has 2 unspecified atom stereocenters. The molecule has 96 valence electrons. The molecule has 0 heterocycles. The molecule has 3 heteroatoms. The molecule has 1 aromatic rings. The molecule has 0 aliphatic carbocycles. The molecule has 1 aromatic carbocycles. The molecule has 0 saturated carbocycles. The molecule has 17 heavy (non-hydrogen) atoms. The Labute approximate surface area is 104 Å². The molecule has 0 spiro atoms. The Morgan fingerprint density at radius 1 is 1.29 bits per heavy atom. The Morgan fingerprint density at radius 3 is 2.35 bits per heavy atom. The second-order valence-corrected chi connectivity index (χ2v) is 4.49. The van der Waals surface area contributed by atoms with Crippen LogP contribution in [0.15, 0.2) is 18.2 Å². The number of hydrogen-bond donors (Lipinski definition) is 2. The topological polar surface area (TPSA) is 41.5 Å². The fourth-order valence-corrected chi connectivity index (χ4v) is 1.70. The van der Waals surface area contributed by atoms with Crippen LogP contribution >= 0.6 is 0 Å². The van der Waals surface area contributed by atoms with Gasteiger partial charge < -0.3 is 9.84 Å². The van der Waals surface area contributed by atoms with Gasteiger partial charge in [-0.1, -0.05) is 25.1 Å². The number of aliphatic hydroxyl groups excluding tert-OH is 1. The number of ether oxygens (including phenoxy) is 1. The van der Waals surface area contributed by atoms with Gasteiger partial charge in [0.1, 0.15) is 12.0 Å². The Bertz CT molecular complexity index is 330. The lowest BCUT2D eigenvalue weighted by Crippen LogP contribution is -2.38. The van der Waals surface area contributed by atoms with Crippen LogP contribution in [0.2, 0.25) is 0 Å². The maximum absolute atomic E-state index is 9.25. The molecule has 0 aromatic heterocycles. The van der Waals surface area contributed by atoms with Crippen molar-refractivity contribution in [2.45, 2.75) is 46.4 Å². The van der Waals surface area contributed by atoms with E-state index < -0.39 is 0 Å². The van der Waals surface area contributed by atoms with Crippen LogP contribution in [0.25, 0.3) is 0 Å². The van der Waals surface area contributed by atoms with E-state index in [0.717, 1.165) is 23.3 Å². The third-order valence-corrected chi connectivity index (χ3v) is 2.68. The van der Waals surface area contributed by atoms with E-state index in [1.165, 1.54) is 0 Å². The van der Waals surface area contributed by atoms with Gasteiger partial charge >= 0.3 is 0 Å². The number of nitrogens with one attached hydrogen (secondary N) is 1. The van der Waals surface area contributed by atoms with Crippen LogP contribution in [0.5, 0.6) is 5.75 Å². The number of para-hydroxylation sites is 1. The van der Waals surface area contributed by atoms with Crippen molar-refractivity contribution in [3.63, 3.8) is 0 Å². The first-order valence-corrected chi connectivity index (χ1v) is 6.19. The molecular weight excluding hydrogens is 214 g/mol. The van der Waals surface area contributed by atoms with E-state index in [9.17, 15) is 5.11 Å². The molecule has 2 N–H and O–H groups in total. The SMILES string of the molecule is CCC(NCC(C)O)Oc1c(C)cccc1C. The Kier molecular flexibility index (Phi) is 5.45. The molecule has 0 aliphatic rings. The fourth-order valence-electron chi connectivity index (χ4n) is 1.70. The van der Waals surface area contributed by atoms with Crippen molar-refractivity contribution < 1.29 is 9.84 Å². The quantitative estimate of drug-likeness (QED) is 0.746. The van der Waals surface area contributed by atoms with Crippen LogP contribution in [-0.4, -0.2) is 24.0 Å². The fraction of sp³-hybridized carbons (Fsp3) is 0.571. The van der Waals surface area contributed by atoms with Crippen LogP contribution in [0, 0.1) is 13.8 Å². The van der Waals surface area contributed by atoms with Gasteiger partial charge in [-0.15, -0.1) is 0 Å². The van der Waals surface area contributed by atoms with Gasteiger partial charge in [-0.2, -0.15) is 0 Å². The van der Waals surface area contributed by atoms with Gasteiger partial charge in [0.25, 0.3) is 0 Å². The second kappa shape index (κ2) is 6.62. The van der Waals surface area contributed by atoms with Gasteiger partial charge in [-0.05, 0) is 38.3 Å². The lowest BCUT2D eigenvalue weighted by molar-refractivity contribution is 0.122. The van der Waals surface area contributed by atoms with E-state index >= 15 is 0 Å². The van der Waals surface area contributed by atoms with E-state index in [0.29, 0.717) is 6.54 Å². The predicted octanol–water partition coefficient (Wildman–Crippen LogP) is 2.39. The minimum absolute atomic E-state index is 0.0515. The lowest BCUT2D eigenvalue weighted by Gasteiger charge is -2.22. The summed E-state index contributed by atoms with van der Waals surface area (Å²) in [4.78, 5) is 0. The molecule has 3 nitrogen and oxygen atoms in total. The largest absolute Gasteiger partial charge is 0.475 e. The number of aliphatic hydroxyl groups is 1. The summed E-state index contributed by atoms with van der Waals surface area (Å²) in [5.41, 5.74) is 2.28. The van der Waals surface area contributed by atoms with Crippen LogP contribution in [0.4, 0.5) is 0 Å². The van der Waals surface area contributed by atoms with E-state index in [1.807, 2.05) is 32.0 Å². The van der Waals surface area contributed by atoms with E-state index in [4.69, 9.17) is 4.74 Å². The monoisotopic (exact) mass is 237 g/mol. The van der Waals surface area contributed by atoms with Crippen molar-refractivity contribution in [2.75, 3.05) is 6.54 Å². The number of rotatable bonds is 6. The molecule has 0 amide bonds. The first-order valence-electron chi connectivity index (χ1n) is 6.19. The van der Waals surface area contributed by atoms with E-state index in [-0.39, 0.29) is 12.3 Å². The predicted molar refractivity (Wildman–Crippen MR) is 70.3 cm³/mol. The van der Waals surface area contributed by atoms with Crippen molar-refractivity contribution in [1.82, 2.24) is 5.32 Å². The molecule has 2 atom stereocenters. The van der Waals surface area contributed by atoms with Gasteiger partial charge in [0.15, 0.2) is 0 Å². The normalized spacial score (nSPS) is 14.4. The van der Waals surface area contributed by atoms with Crippen molar-refractivity contribution in [3.8, 4) is 5.75 Å². The third-order valence-electron chi connectivity index (χ3n) is 2.68. The van der Waals surface area contributed by atoms with Crippen LogP contribution in [-0.2, 0) is 0 Å². The van der Waals surface area contributed by atoms with E-state index in [2.05, 4.69) is 12.2 Å². The molecule has 0 saturated heterocycles. The maximum atomic E-state index is 9.25. The zero-order valence-electron chi connectivity index (χ0n) is 11.2. The van der Waals surface area contributed by atoms with Gasteiger partial charge in [0, 0.05) is 6.54 Å². The average molecular weight is 237 g/mol. The molecule has 0 aliphatic heterocycles. The summed E-state index contributed by atoms with van der Waals surface area (Å²) in [7, 11) is 0. The first kappa shape index (κ1) is 14.0. The lowest BCUT2D eigenvalue weighted by atomic mass is 10.1. The number of aryl methyl sites for hydroxylation is 2. The van der Waals surface area contributed by atoms with E-state index in [1.54, 1.807) is 6.92 Å². The molecule has 1 rings (SSSR count). The minimum Gasteiger partial charge on any atom is -0.475 e. The third kappa shape index (κ3) is 4.36. The standard InChI is InChI=1S/C14H23NO2/c1-5-13(15-9-12(4)16)17-14-10(2)7-6-8-11(14)3/h6-8,12-13,15-16H,5,9H2,1-4H3. The van der Waals surface area contributed by atoms with Gasteiger partial charge in [0.05, 0.1) is 6.10 Å². The summed E-state index contributed by atoms with van der Waals surface area (Å²) in [6.45, 7) is 8.46. The highest BCUT2D eigenvalue weighted by atomic mass is 16.5. The second-order valence-electron chi connectivity index (χ2n) is 4.49. The highest BCUT2D eigenvalue weighted by Gasteiger charge is 2.11. The zero-order chi connectivity index (χ0) is 12.8. The van der Waals surface area contributed by atoms with Crippen LogP contribution in [0.1, 0.15) is 31.4 Å². The molecule has 0 fully saturated rings. The van der Waals surface area contributed by atoms with Crippen molar-refractivity contribution >= 4 is 0 Å². The Hall–Kier alpha value is -1.06. The molecule has 0 radical (unpaired) electrons. The highest BCUT2D eigenvalue weighted by molar-refractivity contribution is 5.39. The number of hydrogen-bond acceptors (Lipinski definition) is 3. The van der Waals surface area contributed by atoms with Crippen molar-refractivity contribution in [2.24, 2.45) is 0 Å². The van der Waals surface area contributed by atoms with Crippen LogP contribution in [0.3, 0.4) is 0 Å². The van der Waals surface area contributed by atoms with Gasteiger partial charge in [-0.25, -0.2) is 0 Å². The first-order chi connectivity index (χ1) is 8.04. The summed E-state index contributed by atoms with van der Waals surface area (Å²) >= 11 is 0. The summed E-state index contributed by atoms with van der Waals surface area (Å²) in [6, 6.07) is 6.12. The Morgan fingerprint density at radius 2 is 1.88 bits per heavy atom. The molecular formula is C14H23NO2. The number of benzene rings is 1.